The second kappa shape index (κ2) is 7.68. The van der Waals surface area contributed by atoms with Gasteiger partial charge in [0, 0.05) is 21.1 Å². The van der Waals surface area contributed by atoms with Gasteiger partial charge in [-0.1, -0.05) is 52.3 Å². The van der Waals surface area contributed by atoms with Crippen molar-refractivity contribution in [3.8, 4) is 5.75 Å². The molecule has 0 fully saturated rings. The van der Waals surface area contributed by atoms with Crippen LogP contribution in [0, 0.1) is 0 Å². The third kappa shape index (κ3) is 3.88. The third-order valence-electron chi connectivity index (χ3n) is 4.13. The molecular weight excluding hydrogens is 406 g/mol. The zero-order chi connectivity index (χ0) is 18.6. The van der Waals surface area contributed by atoms with Crippen LogP contribution in [0.2, 0.25) is 0 Å². The van der Waals surface area contributed by atoms with Crippen LogP contribution >= 0.6 is 15.9 Å². The fraction of sp³-hybridized carbons (Fsp3) is 0.0455. The van der Waals surface area contributed by atoms with Crippen LogP contribution in [0.1, 0.15) is 16.1 Å². The zero-order valence-electron chi connectivity index (χ0n) is 14.3. The lowest BCUT2D eigenvalue weighted by Gasteiger charge is -2.08. The number of carbonyl (C=O) groups excluding carboxylic acids is 1. The molecule has 134 valence electrons. The van der Waals surface area contributed by atoms with Crippen molar-refractivity contribution in [2.24, 2.45) is 0 Å². The Balaban J connectivity index is 1.64. The van der Waals surface area contributed by atoms with E-state index in [4.69, 9.17) is 9.15 Å². The van der Waals surface area contributed by atoms with Gasteiger partial charge >= 0.3 is 0 Å². The summed E-state index contributed by atoms with van der Waals surface area (Å²) in [7, 11) is 0. The van der Waals surface area contributed by atoms with E-state index in [0.717, 1.165) is 21.2 Å². The van der Waals surface area contributed by atoms with Gasteiger partial charge in [-0.25, -0.2) is 0 Å². The van der Waals surface area contributed by atoms with E-state index < -0.39 is 0 Å². The average Bonchev–Trinajstić information content (AvgIpc) is 3.08. The number of carbonyl (C=O) groups is 1. The largest absolute Gasteiger partial charge is 0.489 e. The molecular formula is C22H16BrNO3. The van der Waals surface area contributed by atoms with E-state index >= 15 is 0 Å². The van der Waals surface area contributed by atoms with Crippen LogP contribution in [0.15, 0.2) is 87.8 Å². The molecule has 1 N–H and O–H groups in total. The fourth-order valence-corrected chi connectivity index (χ4v) is 3.08. The Labute approximate surface area is 164 Å². The van der Waals surface area contributed by atoms with Crippen molar-refractivity contribution < 1.29 is 13.9 Å². The number of amides is 1. The molecule has 5 heteroatoms. The number of furan rings is 1. The number of halogens is 1. The molecule has 0 aliphatic heterocycles. The second-order valence-electron chi connectivity index (χ2n) is 5.97. The number of anilines is 1. The summed E-state index contributed by atoms with van der Waals surface area (Å²) >= 11 is 3.39. The highest BCUT2D eigenvalue weighted by atomic mass is 79.9. The van der Waals surface area contributed by atoms with Crippen LogP contribution in [0.25, 0.3) is 11.0 Å². The van der Waals surface area contributed by atoms with Crippen LogP contribution in [0.3, 0.4) is 0 Å². The van der Waals surface area contributed by atoms with Crippen molar-refractivity contribution >= 4 is 38.5 Å². The maximum Gasteiger partial charge on any atom is 0.291 e. The molecule has 0 unspecified atom stereocenters. The maximum atomic E-state index is 12.8. The summed E-state index contributed by atoms with van der Waals surface area (Å²) in [4.78, 5) is 12.8. The van der Waals surface area contributed by atoms with Crippen molar-refractivity contribution in [3.63, 3.8) is 0 Å². The first kappa shape index (κ1) is 17.4. The molecule has 1 heterocycles. The number of nitrogens with one attached hydrogen (secondary N) is 1. The van der Waals surface area contributed by atoms with Crippen molar-refractivity contribution in [2.45, 2.75) is 6.61 Å². The second-order valence-corrected chi connectivity index (χ2v) is 6.88. The summed E-state index contributed by atoms with van der Waals surface area (Å²) in [6, 6.07) is 24.5. The third-order valence-corrected chi connectivity index (χ3v) is 4.66. The normalized spacial score (nSPS) is 10.7. The molecule has 0 radical (unpaired) electrons. The van der Waals surface area contributed by atoms with Crippen LogP contribution in [0.4, 0.5) is 5.69 Å². The summed E-state index contributed by atoms with van der Waals surface area (Å²) in [6.45, 7) is 0.240. The van der Waals surface area contributed by atoms with Crippen LogP contribution in [-0.4, -0.2) is 5.91 Å². The van der Waals surface area contributed by atoms with E-state index in [9.17, 15) is 4.79 Å². The molecule has 0 bridgehead atoms. The van der Waals surface area contributed by atoms with Crippen molar-refractivity contribution in [2.75, 3.05) is 5.32 Å². The Kier molecular flexibility index (Phi) is 4.94. The number of para-hydroxylation sites is 2. The number of ether oxygens (including phenoxy) is 1. The standard InChI is InChI=1S/C22H16BrNO3/c23-15-10-12-16(13-11-15)24-22(25)21-19(14-26-17-6-2-1-3-7-17)18-8-4-5-9-20(18)27-21/h1-13H,14H2,(H,24,25). The molecule has 0 atom stereocenters. The van der Waals surface area contributed by atoms with Gasteiger partial charge in [-0.05, 0) is 42.5 Å². The summed E-state index contributed by atoms with van der Waals surface area (Å²) in [5, 5.41) is 3.75. The molecule has 4 aromatic rings. The minimum atomic E-state index is -0.305. The van der Waals surface area contributed by atoms with E-state index in [-0.39, 0.29) is 18.3 Å². The Morgan fingerprint density at radius 1 is 0.926 bits per heavy atom. The number of hydrogen-bond acceptors (Lipinski definition) is 3. The van der Waals surface area contributed by atoms with Crippen molar-refractivity contribution in [3.05, 3.63) is 94.7 Å². The van der Waals surface area contributed by atoms with Crippen LogP contribution in [0.5, 0.6) is 5.75 Å². The van der Waals surface area contributed by atoms with Gasteiger partial charge in [-0.15, -0.1) is 0 Å². The van der Waals surface area contributed by atoms with E-state index in [1.165, 1.54) is 0 Å². The smallest absolute Gasteiger partial charge is 0.291 e. The number of benzene rings is 3. The minimum absolute atomic E-state index is 0.240. The highest BCUT2D eigenvalue weighted by Gasteiger charge is 2.21. The summed E-state index contributed by atoms with van der Waals surface area (Å²) in [5.41, 5.74) is 2.08. The highest BCUT2D eigenvalue weighted by Crippen LogP contribution is 2.28. The first-order valence-corrected chi connectivity index (χ1v) is 9.25. The molecule has 27 heavy (non-hydrogen) atoms. The fourth-order valence-electron chi connectivity index (χ4n) is 2.82. The number of rotatable bonds is 5. The van der Waals surface area contributed by atoms with Gasteiger partial charge in [0.25, 0.3) is 5.91 Å². The van der Waals surface area contributed by atoms with Crippen molar-refractivity contribution in [1.82, 2.24) is 0 Å². The van der Waals surface area contributed by atoms with E-state index in [1.807, 2.05) is 78.9 Å². The van der Waals surface area contributed by atoms with Gasteiger partial charge in [0.2, 0.25) is 0 Å². The van der Waals surface area contributed by atoms with Gasteiger partial charge < -0.3 is 14.5 Å². The highest BCUT2D eigenvalue weighted by molar-refractivity contribution is 9.10. The molecule has 0 aliphatic carbocycles. The zero-order valence-corrected chi connectivity index (χ0v) is 15.9. The topological polar surface area (TPSA) is 51.5 Å². The molecule has 3 aromatic carbocycles. The Hall–Kier alpha value is -3.05. The monoisotopic (exact) mass is 421 g/mol. The molecule has 4 nitrogen and oxygen atoms in total. The molecule has 1 amide bonds. The predicted molar refractivity (Wildman–Crippen MR) is 109 cm³/mol. The predicted octanol–water partition coefficient (Wildman–Crippen LogP) is 6.03. The van der Waals surface area contributed by atoms with Crippen LogP contribution in [-0.2, 0) is 6.61 Å². The number of hydrogen-bond donors (Lipinski definition) is 1. The van der Waals surface area contributed by atoms with E-state index in [1.54, 1.807) is 0 Å². The molecule has 4 rings (SSSR count). The quantitative estimate of drug-likeness (QED) is 0.428. The van der Waals surface area contributed by atoms with E-state index in [2.05, 4.69) is 21.2 Å². The first-order valence-electron chi connectivity index (χ1n) is 8.46. The summed E-state index contributed by atoms with van der Waals surface area (Å²) in [6.07, 6.45) is 0. The maximum absolute atomic E-state index is 12.8. The molecule has 0 aliphatic rings. The minimum Gasteiger partial charge on any atom is -0.489 e. The molecule has 0 saturated heterocycles. The van der Waals surface area contributed by atoms with Gasteiger partial charge in [0.05, 0.1) is 0 Å². The van der Waals surface area contributed by atoms with Gasteiger partial charge in [0.15, 0.2) is 5.76 Å². The van der Waals surface area contributed by atoms with Gasteiger partial charge in [-0.2, -0.15) is 0 Å². The van der Waals surface area contributed by atoms with Gasteiger partial charge in [-0.3, -0.25) is 4.79 Å². The average molecular weight is 422 g/mol. The summed E-state index contributed by atoms with van der Waals surface area (Å²) in [5.74, 6) is 0.692. The summed E-state index contributed by atoms with van der Waals surface area (Å²) < 4.78 is 12.7. The van der Waals surface area contributed by atoms with E-state index in [0.29, 0.717) is 11.3 Å². The molecule has 0 saturated carbocycles. The van der Waals surface area contributed by atoms with Crippen molar-refractivity contribution in [1.29, 1.82) is 0 Å². The lowest BCUT2D eigenvalue weighted by atomic mass is 10.1. The first-order chi connectivity index (χ1) is 13.2. The van der Waals surface area contributed by atoms with Crippen LogP contribution < -0.4 is 10.1 Å². The lowest BCUT2D eigenvalue weighted by Crippen LogP contribution is -2.13. The number of fused-ring (bicyclic) bond motifs is 1. The Bertz CT molecular complexity index is 1070. The SMILES string of the molecule is O=C(Nc1ccc(Br)cc1)c1oc2ccccc2c1COc1ccccc1. The Morgan fingerprint density at radius 2 is 1.63 bits per heavy atom. The lowest BCUT2D eigenvalue weighted by molar-refractivity contribution is 0.0995. The Morgan fingerprint density at radius 3 is 2.41 bits per heavy atom. The molecule has 0 spiro atoms. The van der Waals surface area contributed by atoms with Gasteiger partial charge in [0.1, 0.15) is 17.9 Å². The molecule has 1 aromatic heterocycles.